The Morgan fingerprint density at radius 2 is 2.06 bits per heavy atom. The number of fused-ring (bicyclic) bond motifs is 1. The minimum Gasteiger partial charge on any atom is -0.550 e. The molecule has 0 atom stereocenters. The van der Waals surface area contributed by atoms with Crippen LogP contribution in [0.4, 0.5) is 0 Å². The smallest absolute Gasteiger partial charge is 0.167 e. The number of carbonyl (C=O) groups excluding carboxylic acids is 2. The highest BCUT2D eigenvalue weighted by Crippen LogP contribution is 2.38. The summed E-state index contributed by atoms with van der Waals surface area (Å²) in [6.45, 7) is 5.70. The van der Waals surface area contributed by atoms with Gasteiger partial charge >= 0.3 is 0 Å². The lowest BCUT2D eigenvalue weighted by Gasteiger charge is -2.27. The van der Waals surface area contributed by atoms with Crippen LogP contribution in [0.1, 0.15) is 47.7 Å². The highest BCUT2D eigenvalue weighted by atomic mass is 16.4. The van der Waals surface area contributed by atoms with Crippen LogP contribution in [0.15, 0.2) is 4.42 Å². The summed E-state index contributed by atoms with van der Waals surface area (Å²) < 4.78 is 5.53. The number of rotatable bonds is 2. The third-order valence-electron chi connectivity index (χ3n) is 3.16. The molecule has 0 fully saturated rings. The SMILES string of the molecule is Cc1oc2c(c1CC(=O)[O-])C(=O)CC(C)(C)C2. The van der Waals surface area contributed by atoms with Crippen molar-refractivity contribution in [1.82, 2.24) is 0 Å². The van der Waals surface area contributed by atoms with Gasteiger partial charge in [-0.2, -0.15) is 0 Å². The summed E-state index contributed by atoms with van der Waals surface area (Å²) in [5.74, 6) is -0.0658. The Morgan fingerprint density at radius 1 is 1.41 bits per heavy atom. The van der Waals surface area contributed by atoms with Crippen LogP contribution in [-0.4, -0.2) is 11.8 Å². The van der Waals surface area contributed by atoms with Crippen molar-refractivity contribution in [3.8, 4) is 0 Å². The second-order valence-electron chi connectivity index (χ2n) is 5.42. The van der Waals surface area contributed by atoms with E-state index in [1.165, 1.54) is 0 Å². The number of aliphatic carboxylic acids is 1. The van der Waals surface area contributed by atoms with Gasteiger partial charge in [-0.1, -0.05) is 13.8 Å². The molecule has 17 heavy (non-hydrogen) atoms. The molecule has 1 heterocycles. The van der Waals surface area contributed by atoms with Gasteiger partial charge in [-0.15, -0.1) is 0 Å². The molecule has 4 nitrogen and oxygen atoms in total. The van der Waals surface area contributed by atoms with Crippen LogP contribution in [-0.2, 0) is 17.6 Å². The Labute approximate surface area is 99.6 Å². The molecule has 0 aromatic carbocycles. The van der Waals surface area contributed by atoms with Gasteiger partial charge in [-0.3, -0.25) is 4.79 Å². The van der Waals surface area contributed by atoms with Gasteiger partial charge in [0.05, 0.1) is 5.56 Å². The van der Waals surface area contributed by atoms with E-state index >= 15 is 0 Å². The Bertz CT molecular complexity index is 494. The predicted molar refractivity (Wildman–Crippen MR) is 58.6 cm³/mol. The molecule has 1 aromatic rings. The first-order chi connectivity index (χ1) is 7.80. The molecule has 0 unspecified atom stereocenters. The molecular formula is C13H15O4-. The van der Waals surface area contributed by atoms with Gasteiger partial charge in [-0.25, -0.2) is 0 Å². The normalized spacial score (nSPS) is 17.9. The minimum atomic E-state index is -1.19. The molecule has 92 valence electrons. The lowest BCUT2D eigenvalue weighted by atomic mass is 9.75. The molecule has 1 aliphatic carbocycles. The van der Waals surface area contributed by atoms with Crippen molar-refractivity contribution in [2.75, 3.05) is 0 Å². The molecule has 1 aromatic heterocycles. The third kappa shape index (κ3) is 2.12. The molecule has 1 aliphatic rings. The summed E-state index contributed by atoms with van der Waals surface area (Å²) >= 11 is 0. The van der Waals surface area contributed by atoms with Crippen LogP contribution in [0.3, 0.4) is 0 Å². The largest absolute Gasteiger partial charge is 0.550 e. The van der Waals surface area contributed by atoms with E-state index < -0.39 is 5.97 Å². The molecule has 0 N–H and O–H groups in total. The Kier molecular flexibility index (Phi) is 2.60. The van der Waals surface area contributed by atoms with Crippen LogP contribution in [0.25, 0.3) is 0 Å². The lowest BCUT2D eigenvalue weighted by Crippen LogP contribution is -2.29. The monoisotopic (exact) mass is 235 g/mol. The summed E-state index contributed by atoms with van der Waals surface area (Å²) in [7, 11) is 0. The number of carboxylic acid groups (broad SMARTS) is 1. The zero-order chi connectivity index (χ0) is 12.8. The van der Waals surface area contributed by atoms with Crippen LogP contribution in [0.5, 0.6) is 0 Å². The van der Waals surface area contributed by atoms with Crippen molar-refractivity contribution in [3.63, 3.8) is 0 Å². The molecule has 0 bridgehead atoms. The first-order valence-electron chi connectivity index (χ1n) is 5.64. The standard InChI is InChI=1S/C13H16O4/c1-7-8(4-11(15)16)12-9(14)5-13(2,3)6-10(12)17-7/h4-6H2,1-3H3,(H,15,16)/p-1. The summed E-state index contributed by atoms with van der Waals surface area (Å²) in [5.41, 5.74) is 0.846. The Morgan fingerprint density at radius 3 is 2.65 bits per heavy atom. The first-order valence-corrected chi connectivity index (χ1v) is 5.64. The van der Waals surface area contributed by atoms with Crippen LogP contribution in [0, 0.1) is 12.3 Å². The number of furan rings is 1. The third-order valence-corrected chi connectivity index (χ3v) is 3.16. The van der Waals surface area contributed by atoms with Crippen LogP contribution >= 0.6 is 0 Å². The van der Waals surface area contributed by atoms with E-state index in [4.69, 9.17) is 4.42 Å². The molecule has 0 saturated heterocycles. The molecule has 0 amide bonds. The highest BCUT2D eigenvalue weighted by Gasteiger charge is 2.36. The topological polar surface area (TPSA) is 70.3 Å². The van der Waals surface area contributed by atoms with Crippen molar-refractivity contribution < 1.29 is 19.1 Å². The maximum absolute atomic E-state index is 12.0. The fourth-order valence-corrected chi connectivity index (χ4v) is 2.47. The van der Waals surface area contributed by atoms with Gasteiger partial charge in [0.1, 0.15) is 11.5 Å². The highest BCUT2D eigenvalue weighted by molar-refractivity contribution is 6.00. The Hall–Kier alpha value is -1.58. The summed E-state index contributed by atoms with van der Waals surface area (Å²) in [6, 6.07) is 0. The van der Waals surface area contributed by atoms with E-state index in [-0.39, 0.29) is 17.6 Å². The van der Waals surface area contributed by atoms with Gasteiger partial charge < -0.3 is 14.3 Å². The van der Waals surface area contributed by atoms with Gasteiger partial charge in [0.2, 0.25) is 0 Å². The predicted octanol–water partition coefficient (Wildman–Crippen LogP) is 1.04. The second-order valence-corrected chi connectivity index (χ2v) is 5.42. The number of hydrogen-bond acceptors (Lipinski definition) is 4. The first kappa shape index (κ1) is 11.9. The van der Waals surface area contributed by atoms with Gasteiger partial charge in [0.25, 0.3) is 0 Å². The van der Waals surface area contributed by atoms with E-state index in [2.05, 4.69) is 0 Å². The fourth-order valence-electron chi connectivity index (χ4n) is 2.47. The number of carbonyl (C=O) groups is 2. The van der Waals surface area contributed by atoms with Gasteiger partial charge in [0, 0.05) is 30.8 Å². The maximum Gasteiger partial charge on any atom is 0.167 e. The quantitative estimate of drug-likeness (QED) is 0.767. The van der Waals surface area contributed by atoms with E-state index in [0.29, 0.717) is 35.5 Å². The van der Waals surface area contributed by atoms with E-state index in [9.17, 15) is 14.7 Å². The number of hydrogen-bond donors (Lipinski definition) is 0. The van der Waals surface area contributed by atoms with Crippen molar-refractivity contribution in [2.45, 2.75) is 40.0 Å². The average Bonchev–Trinajstić information content (AvgIpc) is 2.39. The number of Topliss-reactive ketones (excluding diaryl/α,β-unsaturated/α-hetero) is 1. The molecule has 4 heteroatoms. The van der Waals surface area contributed by atoms with Crippen molar-refractivity contribution >= 4 is 11.8 Å². The fraction of sp³-hybridized carbons (Fsp3) is 0.538. The minimum absolute atomic E-state index is 0.0237. The lowest BCUT2D eigenvalue weighted by molar-refractivity contribution is -0.304. The number of ketones is 1. The zero-order valence-corrected chi connectivity index (χ0v) is 10.3. The molecule has 0 radical (unpaired) electrons. The van der Waals surface area contributed by atoms with Crippen molar-refractivity contribution in [2.24, 2.45) is 5.41 Å². The van der Waals surface area contributed by atoms with Gasteiger partial charge in [0.15, 0.2) is 5.78 Å². The van der Waals surface area contributed by atoms with Gasteiger partial charge in [-0.05, 0) is 12.3 Å². The molecule has 2 rings (SSSR count). The second kappa shape index (κ2) is 3.72. The molecule has 0 spiro atoms. The number of carboxylic acids is 1. The van der Waals surface area contributed by atoms with Crippen molar-refractivity contribution in [1.29, 1.82) is 0 Å². The van der Waals surface area contributed by atoms with E-state index in [1.807, 2.05) is 13.8 Å². The maximum atomic E-state index is 12.0. The molecular weight excluding hydrogens is 220 g/mol. The average molecular weight is 235 g/mol. The molecule has 0 aliphatic heterocycles. The summed E-state index contributed by atoms with van der Waals surface area (Å²) in [4.78, 5) is 22.7. The molecule has 0 saturated carbocycles. The van der Waals surface area contributed by atoms with Crippen molar-refractivity contribution in [3.05, 3.63) is 22.6 Å². The summed E-state index contributed by atoms with van der Waals surface area (Å²) in [6.07, 6.45) is 0.845. The number of aryl methyl sites for hydroxylation is 1. The van der Waals surface area contributed by atoms with Crippen LogP contribution < -0.4 is 5.11 Å². The zero-order valence-electron chi connectivity index (χ0n) is 10.3. The van der Waals surface area contributed by atoms with Crippen LogP contribution in [0.2, 0.25) is 0 Å². The Balaban J connectivity index is 2.49. The van der Waals surface area contributed by atoms with E-state index in [1.54, 1.807) is 6.92 Å². The van der Waals surface area contributed by atoms with E-state index in [0.717, 1.165) is 0 Å². The summed E-state index contributed by atoms with van der Waals surface area (Å²) in [5, 5.41) is 10.7.